The van der Waals surface area contributed by atoms with Gasteiger partial charge in [0.1, 0.15) is 0 Å². The third kappa shape index (κ3) is 4.17. The van der Waals surface area contributed by atoms with E-state index in [-0.39, 0.29) is 17.9 Å². The Kier molecular flexibility index (Phi) is 6.54. The minimum atomic E-state index is -0.638. The Bertz CT molecular complexity index is 749. The van der Waals surface area contributed by atoms with Crippen LogP contribution in [0, 0.1) is 5.92 Å². The molecule has 0 radical (unpaired) electrons. The second-order valence-electron chi connectivity index (χ2n) is 9.18. The number of carbonyl (C=O) groups excluding carboxylic acids is 1. The number of rotatable bonds is 5. The summed E-state index contributed by atoms with van der Waals surface area (Å²) in [5, 5.41) is 11.5. The molecule has 4 rings (SSSR count). The average molecular weight is 417 g/mol. The largest absolute Gasteiger partial charge is 0.493 e. The lowest BCUT2D eigenvalue weighted by atomic mass is 9.66. The van der Waals surface area contributed by atoms with Crippen molar-refractivity contribution in [2.75, 3.05) is 40.4 Å². The van der Waals surface area contributed by atoms with Crippen molar-refractivity contribution < 1.29 is 19.4 Å². The van der Waals surface area contributed by atoms with E-state index >= 15 is 0 Å². The number of amides is 1. The molecule has 3 atom stereocenters. The molecular formula is C24H36N2O4. The lowest BCUT2D eigenvalue weighted by Gasteiger charge is -2.52. The Morgan fingerprint density at radius 2 is 1.80 bits per heavy atom. The molecule has 1 aromatic carbocycles. The summed E-state index contributed by atoms with van der Waals surface area (Å²) < 4.78 is 11.0. The van der Waals surface area contributed by atoms with Crippen molar-refractivity contribution in [3.05, 3.63) is 23.8 Å². The zero-order chi connectivity index (χ0) is 21.1. The molecule has 1 N–H and O–H groups in total. The van der Waals surface area contributed by atoms with Crippen LogP contribution in [0.5, 0.6) is 11.5 Å². The van der Waals surface area contributed by atoms with Crippen LogP contribution in [0.25, 0.3) is 0 Å². The molecule has 3 fully saturated rings. The topological polar surface area (TPSA) is 62.2 Å². The van der Waals surface area contributed by atoms with Gasteiger partial charge in [-0.2, -0.15) is 0 Å². The van der Waals surface area contributed by atoms with Crippen LogP contribution in [0.15, 0.2) is 18.2 Å². The molecule has 2 heterocycles. The zero-order valence-corrected chi connectivity index (χ0v) is 18.4. The molecule has 3 aliphatic rings. The van der Waals surface area contributed by atoms with Gasteiger partial charge in [0.2, 0.25) is 5.91 Å². The third-order valence-corrected chi connectivity index (χ3v) is 7.47. The molecule has 30 heavy (non-hydrogen) atoms. The molecule has 2 saturated heterocycles. The van der Waals surface area contributed by atoms with Crippen molar-refractivity contribution in [3.8, 4) is 11.5 Å². The van der Waals surface area contributed by atoms with E-state index < -0.39 is 5.60 Å². The van der Waals surface area contributed by atoms with Gasteiger partial charge in [-0.05, 0) is 56.2 Å². The quantitative estimate of drug-likeness (QED) is 0.797. The summed E-state index contributed by atoms with van der Waals surface area (Å²) in [6.07, 6.45) is 8.23. The fourth-order valence-corrected chi connectivity index (χ4v) is 5.82. The van der Waals surface area contributed by atoms with Gasteiger partial charge in [0, 0.05) is 31.6 Å². The fourth-order valence-electron chi connectivity index (χ4n) is 5.82. The highest BCUT2D eigenvalue weighted by Gasteiger charge is 2.49. The van der Waals surface area contributed by atoms with Crippen molar-refractivity contribution in [3.63, 3.8) is 0 Å². The number of carbonyl (C=O) groups is 1. The van der Waals surface area contributed by atoms with Crippen LogP contribution >= 0.6 is 0 Å². The van der Waals surface area contributed by atoms with Crippen LogP contribution in [0.3, 0.4) is 0 Å². The number of hydrogen-bond donors (Lipinski definition) is 1. The van der Waals surface area contributed by atoms with Crippen molar-refractivity contribution >= 4 is 5.91 Å². The van der Waals surface area contributed by atoms with Gasteiger partial charge in [0.25, 0.3) is 0 Å². The van der Waals surface area contributed by atoms with Crippen LogP contribution in [-0.2, 0) is 4.79 Å². The predicted octanol–water partition coefficient (Wildman–Crippen LogP) is 3.38. The van der Waals surface area contributed by atoms with Gasteiger partial charge >= 0.3 is 0 Å². The highest BCUT2D eigenvalue weighted by molar-refractivity contribution is 5.78. The van der Waals surface area contributed by atoms with Crippen molar-refractivity contribution in [1.82, 2.24) is 9.80 Å². The molecule has 1 amide bonds. The molecule has 2 aliphatic heterocycles. The highest BCUT2D eigenvalue weighted by Crippen LogP contribution is 2.50. The normalized spacial score (nSPS) is 29.9. The smallest absolute Gasteiger partial charge is 0.236 e. The number of piperidine rings is 2. The van der Waals surface area contributed by atoms with Crippen molar-refractivity contribution in [2.24, 2.45) is 5.92 Å². The Morgan fingerprint density at radius 3 is 2.53 bits per heavy atom. The Morgan fingerprint density at radius 1 is 1.03 bits per heavy atom. The first-order valence-corrected chi connectivity index (χ1v) is 11.5. The van der Waals surface area contributed by atoms with Gasteiger partial charge in [-0.3, -0.25) is 9.69 Å². The molecular weight excluding hydrogens is 380 g/mol. The zero-order valence-electron chi connectivity index (χ0n) is 18.4. The molecule has 0 bridgehead atoms. The van der Waals surface area contributed by atoms with Gasteiger partial charge in [0.15, 0.2) is 11.5 Å². The molecule has 166 valence electrons. The molecule has 6 nitrogen and oxygen atoms in total. The van der Waals surface area contributed by atoms with E-state index in [9.17, 15) is 9.90 Å². The standard InChI is InChI=1S/C24H36N2O4/c1-29-20-10-9-18(16-21(20)30-2)23-19-8-4-5-11-24(19,28)12-15-26(23)17-22(27)25-13-6-3-7-14-25/h9-10,16,19,23,28H,3-8,11-15,17H2,1-2H3. The minimum absolute atomic E-state index is 0.0117. The summed E-state index contributed by atoms with van der Waals surface area (Å²) in [4.78, 5) is 17.4. The molecule has 6 heteroatoms. The monoisotopic (exact) mass is 416 g/mol. The minimum Gasteiger partial charge on any atom is -0.493 e. The lowest BCUT2D eigenvalue weighted by Crippen LogP contribution is -2.56. The predicted molar refractivity (Wildman–Crippen MR) is 116 cm³/mol. The number of hydrogen-bond acceptors (Lipinski definition) is 5. The van der Waals surface area contributed by atoms with E-state index in [1.807, 2.05) is 17.0 Å². The first-order valence-electron chi connectivity index (χ1n) is 11.5. The second kappa shape index (κ2) is 9.15. The van der Waals surface area contributed by atoms with Crippen LogP contribution in [0.1, 0.15) is 63.0 Å². The summed E-state index contributed by atoms with van der Waals surface area (Å²) in [5.41, 5.74) is 0.463. The molecule has 1 aliphatic carbocycles. The van der Waals surface area contributed by atoms with Gasteiger partial charge in [-0.25, -0.2) is 0 Å². The van der Waals surface area contributed by atoms with Crippen molar-refractivity contribution in [2.45, 2.75) is 63.0 Å². The molecule has 0 aromatic heterocycles. The first kappa shape index (κ1) is 21.4. The van der Waals surface area contributed by atoms with Crippen LogP contribution in [0.4, 0.5) is 0 Å². The van der Waals surface area contributed by atoms with Crippen LogP contribution < -0.4 is 9.47 Å². The Balaban J connectivity index is 1.63. The van der Waals surface area contributed by atoms with E-state index in [1.54, 1.807) is 14.2 Å². The van der Waals surface area contributed by atoms with E-state index in [0.29, 0.717) is 18.0 Å². The maximum Gasteiger partial charge on any atom is 0.236 e. The lowest BCUT2D eigenvalue weighted by molar-refractivity contribution is -0.145. The number of aliphatic hydroxyl groups is 1. The number of benzene rings is 1. The van der Waals surface area contributed by atoms with Crippen LogP contribution in [-0.4, -0.2) is 66.8 Å². The van der Waals surface area contributed by atoms with E-state index in [0.717, 1.165) is 70.1 Å². The average Bonchev–Trinajstić information content (AvgIpc) is 2.79. The van der Waals surface area contributed by atoms with Crippen LogP contribution in [0.2, 0.25) is 0 Å². The van der Waals surface area contributed by atoms with E-state index in [4.69, 9.17) is 9.47 Å². The fraction of sp³-hybridized carbons (Fsp3) is 0.708. The van der Waals surface area contributed by atoms with Gasteiger partial charge in [0.05, 0.1) is 26.4 Å². The number of methoxy groups -OCH3 is 2. The summed E-state index contributed by atoms with van der Waals surface area (Å²) in [6, 6.07) is 6.06. The molecule has 0 spiro atoms. The first-order chi connectivity index (χ1) is 14.6. The molecule has 3 unspecified atom stereocenters. The van der Waals surface area contributed by atoms with E-state index in [1.165, 1.54) is 6.42 Å². The van der Waals surface area contributed by atoms with Crippen molar-refractivity contribution in [1.29, 1.82) is 0 Å². The highest BCUT2D eigenvalue weighted by atomic mass is 16.5. The number of nitrogens with zero attached hydrogens (tertiary/aromatic N) is 2. The third-order valence-electron chi connectivity index (χ3n) is 7.47. The second-order valence-corrected chi connectivity index (χ2v) is 9.18. The van der Waals surface area contributed by atoms with Gasteiger partial charge < -0.3 is 19.5 Å². The molecule has 1 aromatic rings. The molecule has 1 saturated carbocycles. The maximum absolute atomic E-state index is 13.1. The number of likely N-dealkylation sites (tertiary alicyclic amines) is 2. The van der Waals surface area contributed by atoms with Gasteiger partial charge in [-0.15, -0.1) is 0 Å². The van der Waals surface area contributed by atoms with E-state index in [2.05, 4.69) is 11.0 Å². The Labute approximate surface area is 180 Å². The number of fused-ring (bicyclic) bond motifs is 1. The summed E-state index contributed by atoms with van der Waals surface area (Å²) >= 11 is 0. The summed E-state index contributed by atoms with van der Waals surface area (Å²) in [5.74, 6) is 1.75. The summed E-state index contributed by atoms with van der Waals surface area (Å²) in [7, 11) is 3.29. The number of ether oxygens (including phenoxy) is 2. The Hall–Kier alpha value is -1.79. The SMILES string of the molecule is COc1ccc(C2C3CCCCC3(O)CCN2CC(=O)N2CCCCC2)cc1OC. The summed E-state index contributed by atoms with van der Waals surface area (Å²) in [6.45, 7) is 2.92. The van der Waals surface area contributed by atoms with Gasteiger partial charge in [-0.1, -0.05) is 18.9 Å². The maximum atomic E-state index is 13.1.